The van der Waals surface area contributed by atoms with Crippen molar-refractivity contribution < 1.29 is 22.7 Å². The first-order chi connectivity index (χ1) is 18.6. The average Bonchev–Trinajstić information content (AvgIpc) is 3.40. The summed E-state index contributed by atoms with van der Waals surface area (Å²) in [5, 5.41) is 3.04. The number of carbonyl (C=O) groups is 2. The highest BCUT2D eigenvalue weighted by atomic mass is 35.5. The number of hydrogen-bond acceptors (Lipinski definition) is 6. The van der Waals surface area contributed by atoms with Gasteiger partial charge in [-0.05, 0) is 47.0 Å². The predicted molar refractivity (Wildman–Crippen MR) is 149 cm³/mol. The summed E-state index contributed by atoms with van der Waals surface area (Å²) in [6, 6.07) is 18.3. The molecule has 3 aromatic rings. The van der Waals surface area contributed by atoms with Crippen LogP contribution in [0.5, 0.6) is 5.75 Å². The number of methoxy groups -OCH3 is 1. The second-order valence-corrected chi connectivity index (χ2v) is 11.6. The van der Waals surface area contributed by atoms with Gasteiger partial charge in [0.2, 0.25) is 15.9 Å². The van der Waals surface area contributed by atoms with Gasteiger partial charge in [-0.1, -0.05) is 59.6 Å². The van der Waals surface area contributed by atoms with Crippen LogP contribution in [0.4, 0.5) is 0 Å². The van der Waals surface area contributed by atoms with Gasteiger partial charge in [0, 0.05) is 26.2 Å². The second kappa shape index (κ2) is 12.4. The third-order valence-electron chi connectivity index (χ3n) is 6.37. The van der Waals surface area contributed by atoms with Gasteiger partial charge in [-0.3, -0.25) is 9.59 Å². The van der Waals surface area contributed by atoms with Crippen LogP contribution < -0.4 is 15.8 Å². The molecule has 3 aromatic carbocycles. The van der Waals surface area contributed by atoms with E-state index in [0.717, 1.165) is 15.4 Å². The molecule has 1 aliphatic heterocycles. The lowest BCUT2D eigenvalue weighted by molar-refractivity contribution is -0.140. The fourth-order valence-electron chi connectivity index (χ4n) is 4.37. The van der Waals surface area contributed by atoms with Crippen LogP contribution >= 0.6 is 23.2 Å². The molecule has 2 amide bonds. The van der Waals surface area contributed by atoms with Crippen molar-refractivity contribution in [3.8, 4) is 5.75 Å². The number of nitrogens with zero attached hydrogens (tertiary/aromatic N) is 2. The first kappa shape index (κ1) is 28.8. The Hall–Kier alpha value is -3.15. The molecule has 0 aromatic heterocycles. The molecule has 0 bridgehead atoms. The predicted octanol–water partition coefficient (Wildman–Crippen LogP) is 3.18. The lowest BCUT2D eigenvalue weighted by atomic mass is 10.1. The standard InChI is InChI=1S/C27H28Cl2N4O5S/c1-38-21-7-3-4-18(13-21)14-25(34)32-10-11-33(39(36,37)22-8-9-23(28)24(29)15-22)27(32)26(35)31-17-20-6-2-5-19(12-20)16-30/h2-9,12-13,15,27H,10-11,14,16-17,30H2,1H3,(H,31,35). The number of hydrogen-bond donors (Lipinski definition) is 2. The van der Waals surface area contributed by atoms with Gasteiger partial charge in [0.05, 0.1) is 28.5 Å². The summed E-state index contributed by atoms with van der Waals surface area (Å²) in [6.45, 7) is 0.422. The molecular formula is C27H28Cl2N4O5S. The van der Waals surface area contributed by atoms with E-state index in [1.54, 1.807) is 24.3 Å². The zero-order valence-corrected chi connectivity index (χ0v) is 23.5. The maximum Gasteiger partial charge on any atom is 0.259 e. The van der Waals surface area contributed by atoms with Crippen molar-refractivity contribution in [2.24, 2.45) is 5.73 Å². The average molecular weight is 592 g/mol. The van der Waals surface area contributed by atoms with E-state index >= 15 is 0 Å². The van der Waals surface area contributed by atoms with Crippen molar-refractivity contribution in [1.82, 2.24) is 14.5 Å². The highest BCUT2D eigenvalue weighted by Crippen LogP contribution is 2.30. The molecule has 3 N–H and O–H groups in total. The van der Waals surface area contributed by atoms with E-state index in [0.29, 0.717) is 17.9 Å². The fourth-order valence-corrected chi connectivity index (χ4v) is 6.30. The Labute approximate surface area is 237 Å². The van der Waals surface area contributed by atoms with Gasteiger partial charge < -0.3 is 20.7 Å². The molecule has 0 aliphatic carbocycles. The van der Waals surface area contributed by atoms with Crippen LogP contribution in [0.2, 0.25) is 10.0 Å². The van der Waals surface area contributed by atoms with Crippen LogP contribution in [-0.4, -0.2) is 55.8 Å². The first-order valence-corrected chi connectivity index (χ1v) is 14.3. The quantitative estimate of drug-likeness (QED) is 0.394. The number of carbonyl (C=O) groups excluding carboxylic acids is 2. The van der Waals surface area contributed by atoms with Gasteiger partial charge in [-0.15, -0.1) is 0 Å². The lowest BCUT2D eigenvalue weighted by Gasteiger charge is -2.29. The summed E-state index contributed by atoms with van der Waals surface area (Å²) in [5.74, 6) is -0.451. The Morgan fingerprint density at radius 1 is 0.974 bits per heavy atom. The minimum atomic E-state index is -4.22. The lowest BCUT2D eigenvalue weighted by Crippen LogP contribution is -2.53. The Bertz CT molecular complexity index is 1480. The molecule has 1 unspecified atom stereocenters. The minimum Gasteiger partial charge on any atom is -0.497 e. The van der Waals surface area contributed by atoms with E-state index in [1.165, 1.54) is 30.2 Å². The number of amides is 2. The highest BCUT2D eigenvalue weighted by molar-refractivity contribution is 7.89. The summed E-state index contributed by atoms with van der Waals surface area (Å²) in [6.07, 6.45) is -1.44. The van der Waals surface area contributed by atoms with Crippen LogP contribution in [0.15, 0.2) is 71.6 Å². The number of sulfonamides is 1. The summed E-state index contributed by atoms with van der Waals surface area (Å²) in [4.78, 5) is 28.1. The molecule has 1 aliphatic rings. The fraction of sp³-hybridized carbons (Fsp3) is 0.259. The van der Waals surface area contributed by atoms with Gasteiger partial charge in [-0.25, -0.2) is 8.42 Å². The molecular weight excluding hydrogens is 563 g/mol. The number of benzene rings is 3. The molecule has 4 rings (SSSR count). The summed E-state index contributed by atoms with van der Waals surface area (Å²) in [5.41, 5.74) is 8.07. The number of nitrogens with two attached hydrogens (primary N) is 1. The van der Waals surface area contributed by atoms with E-state index in [4.69, 9.17) is 33.7 Å². The monoisotopic (exact) mass is 590 g/mol. The molecule has 1 heterocycles. The first-order valence-electron chi connectivity index (χ1n) is 12.1. The maximum atomic E-state index is 13.7. The van der Waals surface area contributed by atoms with Crippen LogP contribution in [0.25, 0.3) is 0 Å². The van der Waals surface area contributed by atoms with Gasteiger partial charge in [0.25, 0.3) is 5.91 Å². The second-order valence-electron chi connectivity index (χ2n) is 8.92. The van der Waals surface area contributed by atoms with Gasteiger partial charge in [-0.2, -0.15) is 4.31 Å². The minimum absolute atomic E-state index is 0.0318. The molecule has 1 atom stereocenters. The Kier molecular flexibility index (Phi) is 9.14. The van der Waals surface area contributed by atoms with Crippen molar-refractivity contribution in [2.45, 2.75) is 30.6 Å². The molecule has 9 nitrogen and oxygen atoms in total. The van der Waals surface area contributed by atoms with E-state index in [9.17, 15) is 18.0 Å². The zero-order chi connectivity index (χ0) is 28.2. The molecule has 39 heavy (non-hydrogen) atoms. The van der Waals surface area contributed by atoms with Gasteiger partial charge in [0.15, 0.2) is 6.17 Å². The molecule has 1 saturated heterocycles. The molecule has 0 radical (unpaired) electrons. The molecule has 0 spiro atoms. The van der Waals surface area contributed by atoms with Crippen LogP contribution in [0.3, 0.4) is 0 Å². The zero-order valence-electron chi connectivity index (χ0n) is 21.1. The molecule has 0 saturated carbocycles. The third kappa shape index (κ3) is 6.54. The Balaban J connectivity index is 1.63. The van der Waals surface area contributed by atoms with Crippen LogP contribution in [0, 0.1) is 0 Å². The topological polar surface area (TPSA) is 122 Å². The van der Waals surface area contributed by atoms with Crippen LogP contribution in [0.1, 0.15) is 16.7 Å². The molecule has 12 heteroatoms. The normalized spacial score (nSPS) is 15.8. The van der Waals surface area contributed by atoms with E-state index in [-0.39, 0.29) is 41.0 Å². The van der Waals surface area contributed by atoms with Crippen LogP contribution in [-0.2, 0) is 39.1 Å². The van der Waals surface area contributed by atoms with Gasteiger partial charge >= 0.3 is 0 Å². The van der Waals surface area contributed by atoms with E-state index < -0.39 is 28.0 Å². The van der Waals surface area contributed by atoms with Crippen molar-refractivity contribution in [2.75, 3.05) is 20.2 Å². The van der Waals surface area contributed by atoms with Gasteiger partial charge in [0.1, 0.15) is 5.75 Å². The van der Waals surface area contributed by atoms with E-state index in [1.807, 2.05) is 24.3 Å². The number of ether oxygens (including phenoxy) is 1. The number of halogens is 2. The summed E-state index contributed by atoms with van der Waals surface area (Å²) < 4.78 is 33.6. The SMILES string of the molecule is COc1cccc(CC(=O)N2CCN(S(=O)(=O)c3ccc(Cl)c(Cl)c3)C2C(=O)NCc2cccc(CN)c2)c1. The maximum absolute atomic E-state index is 13.7. The summed E-state index contributed by atoms with van der Waals surface area (Å²) >= 11 is 12.1. The van der Waals surface area contributed by atoms with Crippen molar-refractivity contribution in [1.29, 1.82) is 0 Å². The smallest absolute Gasteiger partial charge is 0.259 e. The van der Waals surface area contributed by atoms with Crippen molar-refractivity contribution in [3.05, 3.63) is 93.5 Å². The Morgan fingerprint density at radius 2 is 1.69 bits per heavy atom. The summed E-state index contributed by atoms with van der Waals surface area (Å²) in [7, 11) is -2.69. The number of rotatable bonds is 9. The number of nitrogens with one attached hydrogen (secondary N) is 1. The third-order valence-corrected chi connectivity index (χ3v) is 8.95. The molecule has 206 valence electrons. The Morgan fingerprint density at radius 3 is 2.41 bits per heavy atom. The van der Waals surface area contributed by atoms with Crippen molar-refractivity contribution in [3.63, 3.8) is 0 Å². The largest absolute Gasteiger partial charge is 0.497 e. The van der Waals surface area contributed by atoms with E-state index in [2.05, 4.69) is 5.32 Å². The molecule has 1 fully saturated rings. The van der Waals surface area contributed by atoms with Crippen molar-refractivity contribution >= 4 is 45.0 Å². The highest BCUT2D eigenvalue weighted by Gasteiger charge is 2.46.